The highest BCUT2D eigenvalue weighted by atomic mass is 32.2. The van der Waals surface area contributed by atoms with Gasteiger partial charge in [-0.05, 0) is 4.91 Å². The molecule has 0 aromatic rings. The summed E-state index contributed by atoms with van der Waals surface area (Å²) in [6.07, 6.45) is 0. The zero-order valence-corrected chi connectivity index (χ0v) is 4.35. The molecule has 0 bridgehead atoms. The second kappa shape index (κ2) is 1.67. The van der Waals surface area contributed by atoms with E-state index in [9.17, 15) is 0 Å². The molecule has 0 saturated carbocycles. The van der Waals surface area contributed by atoms with E-state index in [1.165, 1.54) is 4.91 Å². The maximum atomic E-state index is 3.75. The molecule has 0 aliphatic carbocycles. The van der Waals surface area contributed by atoms with E-state index < -0.39 is 0 Å². The number of hydrogen-bond donors (Lipinski definition) is 1. The fourth-order valence-electron chi connectivity index (χ4n) is 0.395. The van der Waals surface area contributed by atoms with Gasteiger partial charge in [0.2, 0.25) is 0 Å². The molecule has 1 fully saturated rings. The highest BCUT2D eigenvalue weighted by molar-refractivity contribution is 8.03. The van der Waals surface area contributed by atoms with E-state index in [0.29, 0.717) is 0 Å². The molecule has 1 saturated heterocycles. The van der Waals surface area contributed by atoms with Gasteiger partial charge in [0, 0.05) is 12.4 Å². The summed E-state index contributed by atoms with van der Waals surface area (Å²) in [5.74, 6) is 1.05. The smallest absolute Gasteiger partial charge is 0.0465 e. The van der Waals surface area contributed by atoms with E-state index in [2.05, 4.69) is 11.9 Å². The summed E-state index contributed by atoms with van der Waals surface area (Å²) in [5.41, 5.74) is 0. The van der Waals surface area contributed by atoms with Gasteiger partial charge in [0.25, 0.3) is 0 Å². The van der Waals surface area contributed by atoms with Crippen LogP contribution in [0.25, 0.3) is 0 Å². The Kier molecular flexibility index (Phi) is 1.17. The lowest BCUT2D eigenvalue weighted by atomic mass is 10.6. The minimum atomic E-state index is 1.00. The van der Waals surface area contributed by atoms with Crippen molar-refractivity contribution in [1.82, 2.24) is 5.32 Å². The summed E-state index contributed by atoms with van der Waals surface area (Å²) in [4.78, 5) is 1.26. The maximum Gasteiger partial charge on any atom is 0.0465 e. The first-order valence-corrected chi connectivity index (χ1v) is 2.89. The first-order valence-electron chi connectivity index (χ1n) is 1.91. The molecule has 1 heterocycles. The van der Waals surface area contributed by atoms with Crippen LogP contribution >= 0.6 is 11.8 Å². The molecule has 0 atom stereocenters. The third kappa shape index (κ3) is 0.758. The van der Waals surface area contributed by atoms with Crippen LogP contribution in [0.1, 0.15) is 0 Å². The van der Waals surface area contributed by atoms with E-state index in [-0.39, 0.29) is 0 Å². The Balaban J connectivity index is 2.37. The molecule has 0 unspecified atom stereocenters. The second-order valence-electron chi connectivity index (χ2n) is 1.25. The van der Waals surface area contributed by atoms with E-state index in [1.54, 1.807) is 11.8 Å². The topological polar surface area (TPSA) is 12.0 Å². The SMILES string of the molecule is C=C1CNCS1. The molecule has 1 N–H and O–H groups in total. The Bertz CT molecular complexity index is 61.9. The van der Waals surface area contributed by atoms with Crippen LogP contribution in [-0.2, 0) is 0 Å². The van der Waals surface area contributed by atoms with Gasteiger partial charge >= 0.3 is 0 Å². The lowest BCUT2D eigenvalue weighted by Crippen LogP contribution is -2.03. The summed E-state index contributed by atoms with van der Waals surface area (Å²) in [5, 5.41) is 3.14. The Morgan fingerprint density at radius 2 is 2.67 bits per heavy atom. The van der Waals surface area contributed by atoms with Crippen molar-refractivity contribution in [2.24, 2.45) is 0 Å². The van der Waals surface area contributed by atoms with Crippen molar-refractivity contribution < 1.29 is 0 Å². The molecule has 0 radical (unpaired) electrons. The number of hydrogen-bond acceptors (Lipinski definition) is 2. The monoisotopic (exact) mass is 101 g/mol. The highest BCUT2D eigenvalue weighted by Gasteiger charge is 2.00. The molecule has 6 heavy (non-hydrogen) atoms. The molecule has 1 aliphatic rings. The summed E-state index contributed by atoms with van der Waals surface area (Å²) in [7, 11) is 0. The molecule has 0 aromatic heterocycles. The van der Waals surface area contributed by atoms with Gasteiger partial charge in [-0.2, -0.15) is 0 Å². The molecule has 1 nitrogen and oxygen atoms in total. The zero-order chi connectivity index (χ0) is 4.41. The molecule has 2 heteroatoms. The van der Waals surface area contributed by atoms with Crippen molar-refractivity contribution in [2.45, 2.75) is 0 Å². The van der Waals surface area contributed by atoms with Crippen LogP contribution in [0.3, 0.4) is 0 Å². The Hall–Kier alpha value is 0.0500. The molecule has 0 aromatic carbocycles. The molecular formula is C4H7NS. The van der Waals surface area contributed by atoms with Crippen molar-refractivity contribution >= 4 is 11.8 Å². The first kappa shape index (κ1) is 4.22. The lowest BCUT2D eigenvalue weighted by molar-refractivity contribution is 0.915. The van der Waals surface area contributed by atoms with Crippen molar-refractivity contribution in [1.29, 1.82) is 0 Å². The standard InChI is InChI=1S/C4H7NS/c1-4-2-5-3-6-4/h5H,1-3H2. The van der Waals surface area contributed by atoms with Crippen LogP contribution in [0.4, 0.5) is 0 Å². The quantitative estimate of drug-likeness (QED) is 0.484. The van der Waals surface area contributed by atoms with E-state index in [0.717, 1.165) is 12.4 Å². The summed E-state index contributed by atoms with van der Waals surface area (Å²) >= 11 is 1.79. The Morgan fingerprint density at radius 3 is 2.83 bits per heavy atom. The third-order valence-corrected chi connectivity index (χ3v) is 1.60. The summed E-state index contributed by atoms with van der Waals surface area (Å²) in [6.45, 7) is 4.76. The predicted molar refractivity (Wildman–Crippen MR) is 29.6 cm³/mol. The van der Waals surface area contributed by atoms with Gasteiger partial charge in [-0.25, -0.2) is 0 Å². The van der Waals surface area contributed by atoms with Gasteiger partial charge < -0.3 is 5.32 Å². The molecule has 34 valence electrons. The largest absolute Gasteiger partial charge is 0.303 e. The van der Waals surface area contributed by atoms with Crippen molar-refractivity contribution in [3.8, 4) is 0 Å². The maximum absolute atomic E-state index is 3.75. The van der Waals surface area contributed by atoms with Crippen LogP contribution in [-0.4, -0.2) is 12.4 Å². The number of nitrogens with one attached hydrogen (secondary N) is 1. The number of thioether (sulfide) groups is 1. The number of rotatable bonds is 0. The second-order valence-corrected chi connectivity index (χ2v) is 2.41. The zero-order valence-electron chi connectivity index (χ0n) is 3.53. The van der Waals surface area contributed by atoms with Crippen molar-refractivity contribution in [3.05, 3.63) is 11.5 Å². The highest BCUT2D eigenvalue weighted by Crippen LogP contribution is 2.14. The minimum Gasteiger partial charge on any atom is -0.303 e. The van der Waals surface area contributed by atoms with E-state index in [4.69, 9.17) is 0 Å². The van der Waals surface area contributed by atoms with Crippen LogP contribution < -0.4 is 5.32 Å². The average molecular weight is 101 g/mol. The Labute approximate surface area is 41.8 Å². The van der Waals surface area contributed by atoms with Gasteiger partial charge in [-0.1, -0.05) is 6.58 Å². The fraction of sp³-hybridized carbons (Fsp3) is 0.500. The molecule has 0 amide bonds. The molecule has 1 aliphatic heterocycles. The van der Waals surface area contributed by atoms with Crippen molar-refractivity contribution in [3.63, 3.8) is 0 Å². The van der Waals surface area contributed by atoms with E-state index >= 15 is 0 Å². The van der Waals surface area contributed by atoms with Crippen LogP contribution in [0.5, 0.6) is 0 Å². The summed E-state index contributed by atoms with van der Waals surface area (Å²) < 4.78 is 0. The molecular weight excluding hydrogens is 94.1 g/mol. The van der Waals surface area contributed by atoms with E-state index in [1.807, 2.05) is 0 Å². The Morgan fingerprint density at radius 1 is 1.83 bits per heavy atom. The van der Waals surface area contributed by atoms with Crippen LogP contribution in [0.2, 0.25) is 0 Å². The van der Waals surface area contributed by atoms with Gasteiger partial charge in [0.1, 0.15) is 0 Å². The lowest BCUT2D eigenvalue weighted by Gasteiger charge is -1.78. The third-order valence-electron chi connectivity index (χ3n) is 0.701. The normalized spacial score (nSPS) is 22.3. The summed E-state index contributed by atoms with van der Waals surface area (Å²) in [6, 6.07) is 0. The van der Waals surface area contributed by atoms with Gasteiger partial charge in [0.15, 0.2) is 0 Å². The molecule has 1 rings (SSSR count). The minimum absolute atomic E-state index is 1.00. The van der Waals surface area contributed by atoms with Gasteiger partial charge in [-0.3, -0.25) is 0 Å². The average Bonchev–Trinajstić information content (AvgIpc) is 1.86. The first-order chi connectivity index (χ1) is 2.89. The van der Waals surface area contributed by atoms with Gasteiger partial charge in [0.05, 0.1) is 0 Å². The fourth-order valence-corrected chi connectivity index (χ4v) is 1.01. The van der Waals surface area contributed by atoms with Crippen LogP contribution in [0, 0.1) is 0 Å². The predicted octanol–water partition coefficient (Wildman–Crippen LogP) is 0.794. The van der Waals surface area contributed by atoms with Crippen molar-refractivity contribution in [2.75, 3.05) is 12.4 Å². The van der Waals surface area contributed by atoms with Gasteiger partial charge in [-0.15, -0.1) is 11.8 Å². The molecule has 0 spiro atoms. The van der Waals surface area contributed by atoms with Crippen LogP contribution in [0.15, 0.2) is 11.5 Å².